The molecule has 34 heavy (non-hydrogen) atoms. The number of carbonyl (C=O) groups excluding carboxylic acids is 2. The lowest BCUT2D eigenvalue weighted by atomic mass is 9.95. The van der Waals surface area contributed by atoms with Gasteiger partial charge in [0.25, 0.3) is 15.9 Å². The minimum atomic E-state index is -3.73. The number of thiophene rings is 1. The Morgan fingerprint density at radius 2 is 1.68 bits per heavy atom. The number of rotatable bonds is 7. The lowest BCUT2D eigenvalue weighted by Gasteiger charge is -2.12. The Labute approximate surface area is 203 Å². The average Bonchev–Trinajstić information content (AvgIpc) is 3.17. The second kappa shape index (κ2) is 9.99. The largest absolute Gasteiger partial charge is 0.462 e. The summed E-state index contributed by atoms with van der Waals surface area (Å²) in [4.78, 5) is 26.8. The number of hydrogen-bond acceptors (Lipinski definition) is 6. The molecule has 1 aliphatic carbocycles. The number of nitrogens with one attached hydrogen (secondary N) is 2. The summed E-state index contributed by atoms with van der Waals surface area (Å²) >= 11 is 1.42. The van der Waals surface area contributed by atoms with Crippen LogP contribution in [0.5, 0.6) is 0 Å². The van der Waals surface area contributed by atoms with Crippen molar-refractivity contribution >= 4 is 43.9 Å². The number of anilines is 2. The first kappa shape index (κ1) is 24.0. The van der Waals surface area contributed by atoms with Crippen LogP contribution in [0.4, 0.5) is 10.7 Å². The Balaban J connectivity index is 1.51. The first-order chi connectivity index (χ1) is 16.3. The molecule has 0 bridgehead atoms. The van der Waals surface area contributed by atoms with E-state index in [1.807, 2.05) is 6.92 Å². The molecule has 0 fully saturated rings. The first-order valence-electron chi connectivity index (χ1n) is 11.1. The van der Waals surface area contributed by atoms with E-state index >= 15 is 0 Å². The van der Waals surface area contributed by atoms with Crippen LogP contribution in [0.25, 0.3) is 0 Å². The summed E-state index contributed by atoms with van der Waals surface area (Å²) in [6.07, 6.45) is 3.75. The van der Waals surface area contributed by atoms with Gasteiger partial charge in [-0.15, -0.1) is 11.3 Å². The third-order valence-corrected chi connectivity index (χ3v) is 8.21. The maximum absolute atomic E-state index is 12.9. The molecule has 0 unspecified atom stereocenters. The van der Waals surface area contributed by atoms with Crippen LogP contribution in [0.3, 0.4) is 0 Å². The Bertz CT molecular complexity index is 1310. The quantitative estimate of drug-likeness (QED) is 0.438. The third kappa shape index (κ3) is 5.15. The van der Waals surface area contributed by atoms with Crippen LogP contribution in [0, 0.1) is 6.92 Å². The number of fused-ring (bicyclic) bond motifs is 1. The number of ether oxygens (including phenoxy) is 1. The molecule has 3 aromatic rings. The maximum Gasteiger partial charge on any atom is 0.341 e. The zero-order valence-electron chi connectivity index (χ0n) is 19.0. The van der Waals surface area contributed by atoms with Crippen LogP contribution in [0.2, 0.25) is 0 Å². The predicted molar refractivity (Wildman–Crippen MR) is 133 cm³/mol. The number of esters is 1. The van der Waals surface area contributed by atoms with Crippen LogP contribution < -0.4 is 10.0 Å². The second-order valence-electron chi connectivity index (χ2n) is 8.09. The Morgan fingerprint density at radius 1 is 1.00 bits per heavy atom. The number of sulfonamides is 1. The molecule has 2 N–H and O–H groups in total. The molecule has 0 saturated heterocycles. The molecule has 1 aliphatic rings. The van der Waals surface area contributed by atoms with Crippen LogP contribution in [-0.4, -0.2) is 26.9 Å². The number of amides is 1. The van der Waals surface area contributed by atoms with Gasteiger partial charge in [-0.1, -0.05) is 17.7 Å². The molecule has 0 atom stereocenters. The van der Waals surface area contributed by atoms with Gasteiger partial charge in [0.2, 0.25) is 0 Å². The van der Waals surface area contributed by atoms with Crippen molar-refractivity contribution in [2.24, 2.45) is 0 Å². The summed E-state index contributed by atoms with van der Waals surface area (Å²) < 4.78 is 32.9. The minimum Gasteiger partial charge on any atom is -0.462 e. The van der Waals surface area contributed by atoms with Crippen molar-refractivity contribution in [2.45, 2.75) is 44.4 Å². The monoisotopic (exact) mass is 498 g/mol. The fourth-order valence-corrected chi connectivity index (χ4v) is 6.20. The molecule has 0 aliphatic heterocycles. The molecule has 0 saturated carbocycles. The normalized spacial score (nSPS) is 13.1. The summed E-state index contributed by atoms with van der Waals surface area (Å²) in [5.74, 6) is -0.796. The van der Waals surface area contributed by atoms with E-state index in [0.717, 1.165) is 41.7 Å². The summed E-state index contributed by atoms with van der Waals surface area (Å²) in [6.45, 7) is 3.90. The van der Waals surface area contributed by atoms with Crippen LogP contribution in [-0.2, 0) is 27.6 Å². The third-order valence-electron chi connectivity index (χ3n) is 5.61. The fourth-order valence-electron chi connectivity index (χ4n) is 3.87. The lowest BCUT2D eigenvalue weighted by molar-refractivity contribution is 0.0526. The SMILES string of the molecule is CCOC(=O)c1c(NC(=O)c2ccc(NS(=O)(=O)c3ccc(C)cc3)cc2)sc2c1CCCC2. The maximum atomic E-state index is 12.9. The van der Waals surface area contributed by atoms with Gasteiger partial charge >= 0.3 is 5.97 Å². The van der Waals surface area contributed by atoms with Crippen molar-refractivity contribution < 1.29 is 22.7 Å². The zero-order chi connectivity index (χ0) is 24.3. The highest BCUT2D eigenvalue weighted by Gasteiger charge is 2.27. The molecular formula is C25H26N2O5S2. The summed E-state index contributed by atoms with van der Waals surface area (Å²) in [5.41, 5.74) is 3.09. The van der Waals surface area contributed by atoms with Gasteiger partial charge in [0, 0.05) is 16.1 Å². The highest BCUT2D eigenvalue weighted by atomic mass is 32.2. The first-order valence-corrected chi connectivity index (χ1v) is 13.4. The summed E-state index contributed by atoms with van der Waals surface area (Å²) in [7, 11) is -3.73. The molecule has 0 spiro atoms. The summed E-state index contributed by atoms with van der Waals surface area (Å²) in [6, 6.07) is 12.7. The van der Waals surface area contributed by atoms with Crippen molar-refractivity contribution in [1.82, 2.24) is 0 Å². The molecule has 0 radical (unpaired) electrons. The van der Waals surface area contributed by atoms with E-state index in [9.17, 15) is 18.0 Å². The number of benzene rings is 2. The van der Waals surface area contributed by atoms with Crippen LogP contribution in [0.1, 0.15) is 56.5 Å². The Kier molecular flexibility index (Phi) is 7.04. The zero-order valence-corrected chi connectivity index (χ0v) is 20.6. The molecule has 178 valence electrons. The summed E-state index contributed by atoms with van der Waals surface area (Å²) in [5, 5.41) is 3.36. The van der Waals surface area contributed by atoms with E-state index in [4.69, 9.17) is 4.74 Å². The van der Waals surface area contributed by atoms with Crippen molar-refractivity contribution in [1.29, 1.82) is 0 Å². The van der Waals surface area contributed by atoms with Gasteiger partial charge in [-0.05, 0) is 81.5 Å². The molecule has 7 nitrogen and oxygen atoms in total. The molecule has 9 heteroatoms. The van der Waals surface area contributed by atoms with E-state index in [1.54, 1.807) is 43.3 Å². The van der Waals surface area contributed by atoms with Gasteiger partial charge in [0.15, 0.2) is 0 Å². The molecule has 1 amide bonds. The average molecular weight is 499 g/mol. The fraction of sp³-hybridized carbons (Fsp3) is 0.280. The van der Waals surface area contributed by atoms with Gasteiger partial charge < -0.3 is 10.1 Å². The van der Waals surface area contributed by atoms with Crippen LogP contribution in [0.15, 0.2) is 53.4 Å². The van der Waals surface area contributed by atoms with Gasteiger partial charge in [0.1, 0.15) is 5.00 Å². The molecule has 4 rings (SSSR count). The molecule has 1 aromatic heterocycles. The highest BCUT2D eigenvalue weighted by molar-refractivity contribution is 7.92. The lowest BCUT2D eigenvalue weighted by Crippen LogP contribution is -2.16. The number of carbonyl (C=O) groups is 2. The molecular weight excluding hydrogens is 472 g/mol. The van der Waals surface area contributed by atoms with E-state index in [-0.39, 0.29) is 17.4 Å². The van der Waals surface area contributed by atoms with E-state index in [2.05, 4.69) is 10.0 Å². The Morgan fingerprint density at radius 3 is 2.35 bits per heavy atom. The molecule has 2 aromatic carbocycles. The standard InChI is InChI=1S/C25H26N2O5S2/c1-3-32-25(29)22-20-6-4-5-7-21(20)33-24(22)26-23(28)17-10-12-18(13-11-17)27-34(30,31)19-14-8-16(2)9-15-19/h8-15,27H,3-7H2,1-2H3,(H,26,28). The Hall–Kier alpha value is -3.17. The second-order valence-corrected chi connectivity index (χ2v) is 10.9. The van der Waals surface area contributed by atoms with Crippen molar-refractivity contribution in [3.63, 3.8) is 0 Å². The van der Waals surface area contributed by atoms with Gasteiger partial charge in [-0.25, -0.2) is 13.2 Å². The van der Waals surface area contributed by atoms with E-state index in [0.29, 0.717) is 21.8 Å². The topological polar surface area (TPSA) is 102 Å². The van der Waals surface area contributed by atoms with E-state index in [1.165, 1.54) is 23.5 Å². The number of aryl methyl sites for hydroxylation is 2. The van der Waals surface area contributed by atoms with Crippen molar-refractivity contribution in [3.8, 4) is 0 Å². The smallest absolute Gasteiger partial charge is 0.341 e. The van der Waals surface area contributed by atoms with Crippen molar-refractivity contribution in [3.05, 3.63) is 75.7 Å². The minimum absolute atomic E-state index is 0.160. The van der Waals surface area contributed by atoms with E-state index < -0.39 is 16.0 Å². The predicted octanol–water partition coefficient (Wildman–Crippen LogP) is 5.17. The van der Waals surface area contributed by atoms with Crippen LogP contribution >= 0.6 is 11.3 Å². The van der Waals surface area contributed by atoms with Gasteiger partial charge in [-0.2, -0.15) is 0 Å². The molecule has 1 heterocycles. The number of hydrogen-bond donors (Lipinski definition) is 2. The van der Waals surface area contributed by atoms with Gasteiger partial charge in [0.05, 0.1) is 17.1 Å². The van der Waals surface area contributed by atoms with Crippen molar-refractivity contribution in [2.75, 3.05) is 16.6 Å². The highest BCUT2D eigenvalue weighted by Crippen LogP contribution is 2.38. The van der Waals surface area contributed by atoms with Gasteiger partial charge in [-0.3, -0.25) is 9.52 Å².